The molecule has 0 aliphatic carbocycles. The number of pyridine rings is 1. The van der Waals surface area contributed by atoms with Crippen LogP contribution in [0.2, 0.25) is 0 Å². The van der Waals surface area contributed by atoms with Crippen LogP contribution in [0.5, 0.6) is 0 Å². The van der Waals surface area contributed by atoms with Gasteiger partial charge in [0, 0.05) is 18.4 Å². The Labute approximate surface area is 101 Å². The normalized spacial score (nSPS) is 12.6. The first kappa shape index (κ1) is 13.0. The molecule has 1 amide bonds. The number of halogens is 1. The molecule has 0 saturated heterocycles. The lowest BCUT2D eigenvalue weighted by Gasteiger charge is -2.14. The number of hydrogen-bond donors (Lipinski definition) is 1. The van der Waals surface area contributed by atoms with Gasteiger partial charge in [0.05, 0.1) is 10.9 Å². The second-order valence-corrected chi connectivity index (χ2v) is 4.67. The zero-order valence-electron chi connectivity index (χ0n) is 9.83. The number of carbonyl (C=O) groups is 1. The minimum Gasteiger partial charge on any atom is -0.350 e. The summed E-state index contributed by atoms with van der Waals surface area (Å²) in [5, 5.41) is 2.77. The Morgan fingerprint density at radius 2 is 2.25 bits per heavy atom. The van der Waals surface area contributed by atoms with Gasteiger partial charge < -0.3 is 5.32 Å². The molecule has 1 N–H and O–H groups in total. The van der Waals surface area contributed by atoms with Crippen molar-refractivity contribution in [2.45, 2.75) is 26.1 Å². The fourth-order valence-corrected chi connectivity index (χ4v) is 1.32. The highest BCUT2D eigenvalue weighted by Crippen LogP contribution is 2.09. The summed E-state index contributed by atoms with van der Waals surface area (Å²) in [7, 11) is 0. The van der Waals surface area contributed by atoms with E-state index in [9.17, 15) is 4.79 Å². The molecule has 1 aromatic heterocycles. The predicted molar refractivity (Wildman–Crippen MR) is 65.8 cm³/mol. The first-order chi connectivity index (χ1) is 7.52. The number of alkyl halides is 1. The third-order valence-corrected chi connectivity index (χ3v) is 3.09. The van der Waals surface area contributed by atoms with Gasteiger partial charge in [-0.3, -0.25) is 9.78 Å². The van der Waals surface area contributed by atoms with Gasteiger partial charge >= 0.3 is 0 Å². The Hall–Kier alpha value is -1.09. The lowest BCUT2D eigenvalue weighted by molar-refractivity contribution is 0.0951. The molecule has 1 unspecified atom stereocenters. The number of amides is 1. The average Bonchev–Trinajstić information content (AvgIpc) is 2.25. The standard InChI is InChI=1S/C12H17ClN2O/c1-8(2)11(13)7-15-12(16)10-5-4-6-14-9(10)3/h4-6,8,11H,7H2,1-3H3,(H,15,16). The van der Waals surface area contributed by atoms with Crippen LogP contribution in [0.3, 0.4) is 0 Å². The van der Waals surface area contributed by atoms with Gasteiger partial charge in [0.15, 0.2) is 0 Å². The number of rotatable bonds is 4. The smallest absolute Gasteiger partial charge is 0.253 e. The molecule has 0 fully saturated rings. The highest BCUT2D eigenvalue weighted by atomic mass is 35.5. The van der Waals surface area contributed by atoms with Gasteiger partial charge in [0.1, 0.15) is 0 Å². The Balaban J connectivity index is 2.57. The zero-order valence-corrected chi connectivity index (χ0v) is 10.6. The monoisotopic (exact) mass is 240 g/mol. The number of carbonyl (C=O) groups excluding carboxylic acids is 1. The van der Waals surface area contributed by atoms with E-state index < -0.39 is 0 Å². The Morgan fingerprint density at radius 1 is 1.56 bits per heavy atom. The summed E-state index contributed by atoms with van der Waals surface area (Å²) in [6.07, 6.45) is 1.67. The van der Waals surface area contributed by atoms with Gasteiger partial charge in [-0.1, -0.05) is 13.8 Å². The Morgan fingerprint density at radius 3 is 2.81 bits per heavy atom. The minimum atomic E-state index is -0.114. The molecule has 3 nitrogen and oxygen atoms in total. The van der Waals surface area contributed by atoms with Crippen LogP contribution in [0, 0.1) is 12.8 Å². The van der Waals surface area contributed by atoms with Gasteiger partial charge in [0.25, 0.3) is 5.91 Å². The van der Waals surface area contributed by atoms with Crippen molar-refractivity contribution in [3.63, 3.8) is 0 Å². The molecule has 0 aromatic carbocycles. The topological polar surface area (TPSA) is 42.0 Å². The van der Waals surface area contributed by atoms with E-state index >= 15 is 0 Å². The van der Waals surface area contributed by atoms with Crippen LogP contribution in [-0.4, -0.2) is 22.8 Å². The summed E-state index contributed by atoms with van der Waals surface area (Å²) < 4.78 is 0. The van der Waals surface area contributed by atoms with Crippen LogP contribution < -0.4 is 5.32 Å². The number of hydrogen-bond acceptors (Lipinski definition) is 2. The molecular weight excluding hydrogens is 224 g/mol. The average molecular weight is 241 g/mol. The zero-order chi connectivity index (χ0) is 12.1. The van der Waals surface area contributed by atoms with E-state index in [0.29, 0.717) is 18.0 Å². The van der Waals surface area contributed by atoms with E-state index in [4.69, 9.17) is 11.6 Å². The van der Waals surface area contributed by atoms with Gasteiger partial charge in [-0.25, -0.2) is 0 Å². The van der Waals surface area contributed by atoms with E-state index in [1.165, 1.54) is 0 Å². The molecular formula is C12H17ClN2O. The van der Waals surface area contributed by atoms with Crippen molar-refractivity contribution in [2.24, 2.45) is 5.92 Å². The van der Waals surface area contributed by atoms with Crippen LogP contribution in [0.15, 0.2) is 18.3 Å². The minimum absolute atomic E-state index is 0.0408. The number of aromatic nitrogens is 1. The summed E-state index contributed by atoms with van der Waals surface area (Å²) >= 11 is 6.06. The first-order valence-corrected chi connectivity index (χ1v) is 5.80. The highest BCUT2D eigenvalue weighted by molar-refractivity contribution is 6.21. The molecule has 0 aliphatic rings. The summed E-state index contributed by atoms with van der Waals surface area (Å²) in [6, 6.07) is 3.51. The summed E-state index contributed by atoms with van der Waals surface area (Å²) in [4.78, 5) is 15.9. The molecule has 0 bridgehead atoms. The number of nitrogens with zero attached hydrogens (tertiary/aromatic N) is 1. The molecule has 4 heteroatoms. The van der Waals surface area contributed by atoms with E-state index in [1.807, 2.05) is 20.8 Å². The van der Waals surface area contributed by atoms with Gasteiger partial charge in [0.2, 0.25) is 0 Å². The van der Waals surface area contributed by atoms with E-state index in [1.54, 1.807) is 18.3 Å². The van der Waals surface area contributed by atoms with E-state index in [0.717, 1.165) is 5.69 Å². The van der Waals surface area contributed by atoms with Gasteiger partial charge in [-0.2, -0.15) is 0 Å². The second kappa shape index (κ2) is 5.85. The maximum Gasteiger partial charge on any atom is 0.253 e. The molecule has 1 atom stereocenters. The van der Waals surface area contributed by atoms with Crippen LogP contribution in [0.25, 0.3) is 0 Å². The Kier molecular flexibility index (Phi) is 4.74. The fourth-order valence-electron chi connectivity index (χ4n) is 1.25. The quantitative estimate of drug-likeness (QED) is 0.822. The lowest BCUT2D eigenvalue weighted by atomic mass is 10.1. The maximum atomic E-state index is 11.8. The van der Waals surface area contributed by atoms with Crippen molar-refractivity contribution < 1.29 is 4.79 Å². The molecule has 0 radical (unpaired) electrons. The van der Waals surface area contributed by atoms with Crippen molar-refractivity contribution in [1.29, 1.82) is 0 Å². The van der Waals surface area contributed by atoms with Gasteiger partial charge in [-0.05, 0) is 25.0 Å². The van der Waals surface area contributed by atoms with Crippen molar-refractivity contribution in [3.8, 4) is 0 Å². The molecule has 1 rings (SSSR count). The number of aryl methyl sites for hydroxylation is 1. The second-order valence-electron chi connectivity index (χ2n) is 4.11. The van der Waals surface area contributed by atoms with E-state index in [-0.39, 0.29) is 11.3 Å². The molecule has 0 aliphatic heterocycles. The maximum absolute atomic E-state index is 11.8. The molecule has 0 saturated carbocycles. The van der Waals surface area contributed by atoms with E-state index in [2.05, 4.69) is 10.3 Å². The largest absolute Gasteiger partial charge is 0.350 e. The van der Waals surface area contributed by atoms with Gasteiger partial charge in [-0.15, -0.1) is 11.6 Å². The highest BCUT2D eigenvalue weighted by Gasteiger charge is 2.13. The van der Waals surface area contributed by atoms with Crippen LogP contribution >= 0.6 is 11.6 Å². The predicted octanol–water partition coefficient (Wildman–Crippen LogP) is 2.38. The van der Waals surface area contributed by atoms with Crippen molar-refractivity contribution in [1.82, 2.24) is 10.3 Å². The summed E-state index contributed by atoms with van der Waals surface area (Å²) in [5.41, 5.74) is 1.34. The van der Waals surface area contributed by atoms with Crippen molar-refractivity contribution in [3.05, 3.63) is 29.6 Å². The third-order valence-electron chi connectivity index (χ3n) is 2.43. The molecule has 1 aromatic rings. The number of nitrogens with one attached hydrogen (secondary N) is 1. The van der Waals surface area contributed by atoms with Crippen LogP contribution in [0.4, 0.5) is 0 Å². The molecule has 1 heterocycles. The Bertz CT molecular complexity index is 366. The summed E-state index contributed by atoms with van der Waals surface area (Å²) in [5.74, 6) is 0.230. The molecule has 16 heavy (non-hydrogen) atoms. The first-order valence-electron chi connectivity index (χ1n) is 5.36. The molecule has 88 valence electrons. The van der Waals surface area contributed by atoms with Crippen molar-refractivity contribution >= 4 is 17.5 Å². The third kappa shape index (κ3) is 3.49. The molecule has 0 spiro atoms. The summed E-state index contributed by atoms with van der Waals surface area (Å²) in [6.45, 7) is 6.35. The fraction of sp³-hybridized carbons (Fsp3) is 0.500. The lowest BCUT2D eigenvalue weighted by Crippen LogP contribution is -2.32. The van der Waals surface area contributed by atoms with Crippen LogP contribution in [0.1, 0.15) is 29.9 Å². The SMILES string of the molecule is Cc1ncccc1C(=O)NCC(Cl)C(C)C. The van der Waals surface area contributed by atoms with Crippen LogP contribution in [-0.2, 0) is 0 Å². The van der Waals surface area contributed by atoms with Crippen molar-refractivity contribution in [2.75, 3.05) is 6.54 Å².